The number of aromatic nitrogens is 4. The first-order valence-corrected chi connectivity index (χ1v) is 49.5. The van der Waals surface area contributed by atoms with Gasteiger partial charge in [-0.3, -0.25) is 0 Å². The Balaban J connectivity index is 0.000000209. The van der Waals surface area contributed by atoms with Gasteiger partial charge in [0.15, 0.2) is 0 Å². The van der Waals surface area contributed by atoms with E-state index in [9.17, 15) is 0 Å². The zero-order valence-electron chi connectivity index (χ0n) is 89.1. The van der Waals surface area contributed by atoms with Crippen molar-refractivity contribution in [2.24, 2.45) is 0 Å². The zero-order chi connectivity index (χ0) is 99.4. The predicted octanol–water partition coefficient (Wildman–Crippen LogP) is 34.2. The molecule has 2 aliphatic heterocycles. The summed E-state index contributed by atoms with van der Waals surface area (Å²) in [5.74, 6) is 1.75. The Bertz CT molecular complexity index is 7240. The molecule has 12 heteroatoms. The summed E-state index contributed by atoms with van der Waals surface area (Å²) in [6.45, 7) is 75.7. The number of para-hydroxylation sites is 4. The predicted molar refractivity (Wildman–Crippen MR) is 590 cm³/mol. The molecule has 4 aromatic heterocycles. The summed E-state index contributed by atoms with van der Waals surface area (Å²) in [5.41, 5.74) is 33.2. The molecule has 6 heterocycles. The van der Waals surface area contributed by atoms with Crippen LogP contribution in [0.1, 0.15) is 287 Å². The quantitative estimate of drug-likeness (QED) is 0.0999. The fourth-order valence-electron chi connectivity index (χ4n) is 19.2. The Morgan fingerprint density at radius 1 is 0.236 bits per heavy atom. The Hall–Kier alpha value is -11.3. The van der Waals surface area contributed by atoms with Gasteiger partial charge in [-0.25, -0.2) is 9.97 Å². The van der Waals surface area contributed by atoms with Gasteiger partial charge in [0.05, 0.1) is 0 Å². The third-order valence-electron chi connectivity index (χ3n) is 28.9. The van der Waals surface area contributed by atoms with Crippen LogP contribution in [0.5, 0.6) is 0 Å². The Morgan fingerprint density at radius 2 is 0.521 bits per heavy atom. The maximum absolute atomic E-state index is 5.15. The molecule has 0 atom stereocenters. The van der Waals surface area contributed by atoms with Crippen LogP contribution in [0.25, 0.3) is 55.2 Å². The Morgan fingerprint density at radius 3 is 0.850 bits per heavy atom. The second-order valence-electron chi connectivity index (χ2n) is 49.2. The molecule has 0 fully saturated rings. The summed E-state index contributed by atoms with van der Waals surface area (Å²) in [6.07, 6.45) is 3.95. The summed E-state index contributed by atoms with van der Waals surface area (Å²) in [5, 5.41) is 4.68. The van der Waals surface area contributed by atoms with Gasteiger partial charge in [0, 0.05) is 125 Å². The SMILES string of the molecule is CN(c1[c-]c(N2[CH-]N(c3cc(C(C)(C)C)cc(C(C)(C)C)c3)c3ccccc32)ccc1)c1[c-]c2c(cc1)c1cc(C(C)(C)C)ccc1n2-c1cc(C(C)(C)c2cc(C(C)(C)C)cc(C(C)(C)C)c2)ccn1.CN(c1[c-]c(N2[CH-]N(c3cc(C(C)(C)C)cc(C(C)(C)C)c3)c3ccccc32)ccc1)c1[c-]c2c(cc1)c1cc(C(C)(C)C)ccc1n2-c1cc(C(C)(C)c2ccc(C(C)(C)C)cc2)ccn1.[Pt].[Pt]. The van der Waals surface area contributed by atoms with Crippen LogP contribution in [0, 0.1) is 37.6 Å². The average Bonchev–Trinajstić information content (AvgIpc) is 1.59. The van der Waals surface area contributed by atoms with Crippen molar-refractivity contribution in [3.8, 4) is 11.6 Å². The van der Waals surface area contributed by atoms with Gasteiger partial charge in [-0.05, 0) is 217 Å². The summed E-state index contributed by atoms with van der Waals surface area (Å²) in [4.78, 5) is 23.9. The molecule has 0 N–H and O–H groups in total. The number of fused-ring (bicyclic) bond motifs is 8. The van der Waals surface area contributed by atoms with Crippen LogP contribution < -0.4 is 29.4 Å². The van der Waals surface area contributed by atoms with Gasteiger partial charge >= 0.3 is 0 Å². The van der Waals surface area contributed by atoms with Crippen LogP contribution in [0.3, 0.4) is 0 Å². The number of hydrogen-bond donors (Lipinski definition) is 0. The zero-order valence-corrected chi connectivity index (χ0v) is 93.6. The molecular formula is C128H144N10Pt2-6. The molecule has 0 amide bonds. The molecule has 732 valence electrons. The van der Waals surface area contributed by atoms with Crippen molar-refractivity contribution in [3.63, 3.8) is 0 Å². The van der Waals surface area contributed by atoms with E-state index in [-0.39, 0.29) is 102 Å². The molecule has 0 bridgehead atoms. The van der Waals surface area contributed by atoms with Crippen molar-refractivity contribution < 1.29 is 42.1 Å². The minimum atomic E-state index is -0.302. The minimum absolute atomic E-state index is 0. The van der Waals surface area contributed by atoms with Gasteiger partial charge in [-0.1, -0.05) is 352 Å². The van der Waals surface area contributed by atoms with Crippen molar-refractivity contribution >= 4 is 112 Å². The molecule has 0 radical (unpaired) electrons. The second kappa shape index (κ2) is 37.2. The maximum Gasteiger partial charge on any atom is 0.135 e. The molecule has 10 nitrogen and oxygen atoms in total. The number of pyridine rings is 2. The Kier molecular flexibility index (Phi) is 27.4. The maximum atomic E-state index is 5.15. The molecule has 12 aromatic carbocycles. The van der Waals surface area contributed by atoms with Crippen LogP contribution in [0.4, 0.5) is 68.2 Å². The van der Waals surface area contributed by atoms with Crippen molar-refractivity contribution in [1.82, 2.24) is 19.1 Å². The van der Waals surface area contributed by atoms with Crippen LogP contribution >= 0.6 is 0 Å². The van der Waals surface area contributed by atoms with E-state index in [1.807, 2.05) is 12.4 Å². The molecule has 0 aliphatic carbocycles. The molecule has 2 aliphatic rings. The first kappa shape index (κ1) is 103. The van der Waals surface area contributed by atoms with E-state index >= 15 is 0 Å². The van der Waals surface area contributed by atoms with E-state index in [1.54, 1.807) is 0 Å². The molecule has 0 saturated heterocycles. The molecular weight excluding hydrogens is 2070 g/mol. The van der Waals surface area contributed by atoms with E-state index < -0.39 is 0 Å². The van der Waals surface area contributed by atoms with Crippen molar-refractivity contribution in [3.05, 3.63) is 371 Å². The molecule has 0 spiro atoms. The van der Waals surface area contributed by atoms with E-state index in [0.29, 0.717) is 0 Å². The number of anilines is 12. The van der Waals surface area contributed by atoms with Gasteiger partial charge in [0.25, 0.3) is 0 Å². The summed E-state index contributed by atoms with van der Waals surface area (Å²) >= 11 is 0. The van der Waals surface area contributed by atoms with Crippen LogP contribution in [-0.2, 0) is 102 Å². The normalized spacial score (nSPS) is 13.7. The first-order chi connectivity index (χ1) is 64.4. The van der Waals surface area contributed by atoms with E-state index in [0.717, 1.165) is 113 Å². The number of nitrogens with zero attached hydrogens (tertiary/aromatic N) is 10. The van der Waals surface area contributed by atoms with Gasteiger partial charge in [-0.2, -0.15) is 24.3 Å². The standard InChI is InChI=1S/C66H76N5.C62H68N5.2Pt/c1-61(2,3)43-26-29-56-55(38-43)54-28-27-51(41-59(54)71(56)60-39-44(30-31-67-60)66(16,17)49-34-45(62(4,5)6)32-46(35-49)63(7,8)9)68(18)50-22-21-23-52(40-50)69-42-70(58-25-20-19-24-57(58)69)53-36-47(64(10,11)12)33-48(37-53)65(13,14)15;1-58(2,3)41-23-25-42(26-24-41)62(13,14)44-31-32-63-57(37-44)67-53-30-27-43(59(4,5)6)36-52(53)51-29-28-48(39-56(51)67)64(15)47-19-18-20-49(38-47)65-40-66(55-22-17-16-21-54(55)65)50-34-45(60(7,8)9)33-46(35-50)61(10,11)12;;/h19-39,42H,1-18H3;16-37,40H,1-15H3;;/q2*-3;;. The summed E-state index contributed by atoms with van der Waals surface area (Å²) < 4.78 is 4.63. The number of rotatable bonds is 14. The van der Waals surface area contributed by atoms with E-state index in [2.05, 4.69) is 554 Å². The largest absolute Gasteiger partial charge is 0.493 e. The molecule has 18 rings (SSSR count). The van der Waals surface area contributed by atoms with Gasteiger partial charge in [0.1, 0.15) is 11.6 Å². The molecule has 140 heavy (non-hydrogen) atoms. The fraction of sp³-hybridized carbons (Fsp3) is 0.344. The first-order valence-electron chi connectivity index (χ1n) is 49.5. The van der Waals surface area contributed by atoms with Crippen LogP contribution in [0.2, 0.25) is 0 Å². The Labute approximate surface area is 866 Å². The third-order valence-corrected chi connectivity index (χ3v) is 28.9. The number of benzene rings is 12. The third kappa shape index (κ3) is 20.2. The molecule has 16 aromatic rings. The number of hydrogen-bond acceptors (Lipinski definition) is 8. The second-order valence-corrected chi connectivity index (χ2v) is 49.2. The fourth-order valence-corrected chi connectivity index (χ4v) is 19.2. The van der Waals surface area contributed by atoms with Crippen LogP contribution in [0.15, 0.2) is 261 Å². The smallest absolute Gasteiger partial charge is 0.135 e. The average molecular weight is 2210 g/mol. The summed E-state index contributed by atoms with van der Waals surface area (Å²) in [7, 11) is 4.24. The molecule has 0 saturated carbocycles. The summed E-state index contributed by atoms with van der Waals surface area (Å²) in [6, 6.07) is 108. The minimum Gasteiger partial charge on any atom is -0.493 e. The van der Waals surface area contributed by atoms with Crippen molar-refractivity contribution in [2.75, 3.05) is 43.5 Å². The van der Waals surface area contributed by atoms with Crippen LogP contribution in [-0.4, -0.2) is 33.2 Å². The van der Waals surface area contributed by atoms with E-state index in [4.69, 9.17) is 9.97 Å². The monoisotopic (exact) mass is 2210 g/mol. The van der Waals surface area contributed by atoms with Gasteiger partial charge in [-0.15, -0.1) is 96.1 Å². The van der Waals surface area contributed by atoms with Crippen molar-refractivity contribution in [1.29, 1.82) is 0 Å². The van der Waals surface area contributed by atoms with E-state index in [1.165, 1.54) is 83.1 Å². The van der Waals surface area contributed by atoms with Crippen molar-refractivity contribution in [2.45, 2.75) is 274 Å². The molecule has 0 unspecified atom stereocenters. The topological polar surface area (TPSA) is 55.1 Å². The van der Waals surface area contributed by atoms with Gasteiger partial charge in [0.2, 0.25) is 0 Å². The van der Waals surface area contributed by atoms with Gasteiger partial charge < -0.3 is 38.5 Å².